The molecule has 0 aromatic carbocycles. The van der Waals surface area contributed by atoms with Crippen LogP contribution < -0.4 is 0 Å². The molecule has 2 aliphatic heterocycles. The van der Waals surface area contributed by atoms with E-state index >= 15 is 0 Å². The first-order valence-electron chi connectivity index (χ1n) is 8.23. The average molecular weight is 261 g/mol. The second-order valence-electron chi connectivity index (χ2n) is 7.31. The van der Waals surface area contributed by atoms with Gasteiger partial charge >= 0.3 is 0 Å². The Morgan fingerprint density at radius 2 is 1.89 bits per heavy atom. The van der Waals surface area contributed by atoms with Crippen molar-refractivity contribution in [2.24, 2.45) is 11.8 Å². The zero-order valence-electron chi connectivity index (χ0n) is 12.6. The van der Waals surface area contributed by atoms with E-state index in [0.717, 1.165) is 25.0 Å². The van der Waals surface area contributed by atoms with Gasteiger partial charge in [0.15, 0.2) is 0 Å². The lowest BCUT2D eigenvalue weighted by Gasteiger charge is -2.61. The van der Waals surface area contributed by atoms with Crippen LogP contribution in [0, 0.1) is 11.8 Å². The standard InChI is InChI=1S/C16H28BNO/c1-12(2)18-9-8-13-6-7-14(17)4-3-5-15(13)16(18)10-19-11-16/h12-15H,3-11H2,1-2H3. The van der Waals surface area contributed by atoms with Crippen LogP contribution in [0.2, 0.25) is 5.82 Å². The number of rotatable bonds is 1. The monoisotopic (exact) mass is 261 g/mol. The molecule has 3 atom stereocenters. The Bertz CT molecular complexity index is 316. The topological polar surface area (TPSA) is 12.5 Å². The molecule has 0 bridgehead atoms. The van der Waals surface area contributed by atoms with Gasteiger partial charge in [-0.2, -0.15) is 0 Å². The van der Waals surface area contributed by atoms with Crippen LogP contribution in [0.3, 0.4) is 0 Å². The van der Waals surface area contributed by atoms with Gasteiger partial charge in [-0.1, -0.05) is 31.5 Å². The molecule has 2 nitrogen and oxygen atoms in total. The van der Waals surface area contributed by atoms with E-state index in [-0.39, 0.29) is 0 Å². The first kappa shape index (κ1) is 13.9. The van der Waals surface area contributed by atoms with Gasteiger partial charge in [0.25, 0.3) is 0 Å². The Balaban J connectivity index is 1.80. The van der Waals surface area contributed by atoms with Crippen LogP contribution in [0.5, 0.6) is 0 Å². The van der Waals surface area contributed by atoms with Crippen LogP contribution in [-0.4, -0.2) is 44.1 Å². The lowest BCUT2D eigenvalue weighted by molar-refractivity contribution is -0.209. The van der Waals surface area contributed by atoms with Crippen LogP contribution in [0.1, 0.15) is 52.4 Å². The molecule has 0 aromatic heterocycles. The predicted molar refractivity (Wildman–Crippen MR) is 79.6 cm³/mol. The van der Waals surface area contributed by atoms with Crippen LogP contribution in [-0.2, 0) is 4.74 Å². The summed E-state index contributed by atoms with van der Waals surface area (Å²) in [5.74, 6) is 2.20. The third-order valence-electron chi connectivity index (χ3n) is 5.90. The maximum atomic E-state index is 6.18. The predicted octanol–water partition coefficient (Wildman–Crippen LogP) is 3.02. The third kappa shape index (κ3) is 2.38. The molecular formula is C16H28BNO. The molecule has 0 amide bonds. The van der Waals surface area contributed by atoms with Crippen molar-refractivity contribution in [3.8, 4) is 0 Å². The van der Waals surface area contributed by atoms with Gasteiger partial charge in [-0.3, -0.25) is 4.90 Å². The Morgan fingerprint density at radius 1 is 1.11 bits per heavy atom. The number of nitrogens with zero attached hydrogens (tertiary/aromatic N) is 1. The first-order chi connectivity index (χ1) is 9.13. The average Bonchev–Trinajstić information content (AvgIpc) is 2.31. The number of fused-ring (bicyclic) bond motifs is 2. The number of hydrogen-bond acceptors (Lipinski definition) is 2. The molecule has 1 spiro atoms. The van der Waals surface area contributed by atoms with Crippen molar-refractivity contribution < 1.29 is 4.74 Å². The molecule has 0 N–H and O–H groups in total. The highest BCUT2D eigenvalue weighted by Gasteiger charge is 2.55. The van der Waals surface area contributed by atoms with Gasteiger partial charge in [0.1, 0.15) is 0 Å². The molecule has 0 aromatic rings. The van der Waals surface area contributed by atoms with E-state index in [1.165, 1.54) is 45.1 Å². The molecule has 1 saturated carbocycles. The molecule has 2 saturated heterocycles. The van der Waals surface area contributed by atoms with E-state index < -0.39 is 0 Å². The molecule has 2 heterocycles. The highest BCUT2D eigenvalue weighted by atomic mass is 16.5. The van der Waals surface area contributed by atoms with E-state index in [4.69, 9.17) is 12.6 Å². The summed E-state index contributed by atoms with van der Waals surface area (Å²) in [5, 5.41) is 0. The van der Waals surface area contributed by atoms with Gasteiger partial charge < -0.3 is 4.74 Å². The molecule has 1 aliphatic carbocycles. The summed E-state index contributed by atoms with van der Waals surface area (Å²) in [6, 6.07) is 0.651. The van der Waals surface area contributed by atoms with Crippen molar-refractivity contribution in [3.05, 3.63) is 0 Å². The van der Waals surface area contributed by atoms with Crippen LogP contribution >= 0.6 is 0 Å². The van der Waals surface area contributed by atoms with Gasteiger partial charge in [-0.05, 0) is 45.1 Å². The first-order valence-corrected chi connectivity index (χ1v) is 8.23. The summed E-state index contributed by atoms with van der Waals surface area (Å²) in [4.78, 5) is 2.75. The van der Waals surface area contributed by atoms with Crippen LogP contribution in [0.25, 0.3) is 0 Å². The van der Waals surface area contributed by atoms with Crippen LogP contribution in [0.4, 0.5) is 0 Å². The normalized spacial score (nSPS) is 39.4. The third-order valence-corrected chi connectivity index (χ3v) is 5.90. The summed E-state index contributed by atoms with van der Waals surface area (Å²) < 4.78 is 5.67. The minimum absolute atomic E-state index is 0.374. The number of likely N-dealkylation sites (tertiary alicyclic amines) is 1. The van der Waals surface area contributed by atoms with Gasteiger partial charge in [0.2, 0.25) is 0 Å². The highest BCUT2D eigenvalue weighted by Crippen LogP contribution is 2.48. The van der Waals surface area contributed by atoms with Crippen molar-refractivity contribution in [2.75, 3.05) is 19.8 Å². The fraction of sp³-hybridized carbons (Fsp3) is 1.00. The smallest absolute Gasteiger partial charge is 0.0711 e. The lowest BCUT2D eigenvalue weighted by atomic mass is 9.62. The Kier molecular flexibility index (Phi) is 3.97. The largest absolute Gasteiger partial charge is 0.377 e. The van der Waals surface area contributed by atoms with Gasteiger partial charge in [0.05, 0.1) is 26.6 Å². The van der Waals surface area contributed by atoms with Crippen molar-refractivity contribution >= 4 is 7.85 Å². The Hall–Kier alpha value is -0.0151. The van der Waals surface area contributed by atoms with Crippen molar-refractivity contribution in [3.63, 3.8) is 0 Å². The molecule has 2 radical (unpaired) electrons. The van der Waals surface area contributed by atoms with Gasteiger partial charge in [0, 0.05) is 6.04 Å². The molecule has 3 fully saturated rings. The van der Waals surface area contributed by atoms with E-state index in [2.05, 4.69) is 18.7 Å². The van der Waals surface area contributed by atoms with Crippen molar-refractivity contribution in [2.45, 2.75) is 69.8 Å². The molecule has 19 heavy (non-hydrogen) atoms. The fourth-order valence-electron chi connectivity index (χ4n) is 4.87. The van der Waals surface area contributed by atoms with Crippen LogP contribution in [0.15, 0.2) is 0 Å². The van der Waals surface area contributed by atoms with Crippen molar-refractivity contribution in [1.82, 2.24) is 4.90 Å². The summed E-state index contributed by atoms with van der Waals surface area (Å²) in [6.45, 7) is 7.90. The summed E-state index contributed by atoms with van der Waals surface area (Å²) >= 11 is 0. The van der Waals surface area contributed by atoms with Gasteiger partial charge in [-0.15, -0.1) is 0 Å². The van der Waals surface area contributed by atoms with E-state index in [0.29, 0.717) is 17.4 Å². The van der Waals surface area contributed by atoms with Crippen molar-refractivity contribution in [1.29, 1.82) is 0 Å². The second kappa shape index (κ2) is 5.40. The minimum atomic E-state index is 0.374. The van der Waals surface area contributed by atoms with E-state index in [9.17, 15) is 0 Å². The number of hydrogen-bond donors (Lipinski definition) is 0. The van der Waals surface area contributed by atoms with E-state index in [1.54, 1.807) is 0 Å². The molecule has 3 unspecified atom stereocenters. The maximum Gasteiger partial charge on any atom is 0.0711 e. The summed E-state index contributed by atoms with van der Waals surface area (Å²) in [7, 11) is 6.18. The second-order valence-corrected chi connectivity index (χ2v) is 7.31. The lowest BCUT2D eigenvalue weighted by Crippen LogP contribution is -2.71. The van der Waals surface area contributed by atoms with Gasteiger partial charge in [-0.25, -0.2) is 0 Å². The molecule has 3 rings (SSSR count). The Morgan fingerprint density at radius 3 is 2.53 bits per heavy atom. The molecule has 3 heteroatoms. The molecular weight excluding hydrogens is 233 g/mol. The molecule has 106 valence electrons. The highest BCUT2D eigenvalue weighted by molar-refractivity contribution is 6.11. The molecule has 3 aliphatic rings. The quantitative estimate of drug-likeness (QED) is 0.673. The zero-order chi connectivity index (χ0) is 13.5. The maximum absolute atomic E-state index is 6.18. The summed E-state index contributed by atoms with van der Waals surface area (Å²) in [6.07, 6.45) is 7.86. The summed E-state index contributed by atoms with van der Waals surface area (Å²) in [5.41, 5.74) is 0.374. The fourth-order valence-corrected chi connectivity index (χ4v) is 4.87. The minimum Gasteiger partial charge on any atom is -0.377 e. The SMILES string of the molecule is [B]C1CCCC2C(CC1)CCN(C(C)C)C21COC1. The number of piperidine rings is 1. The van der Waals surface area contributed by atoms with E-state index in [1.807, 2.05) is 0 Å². The number of ether oxygens (including phenoxy) is 1. The Labute approximate surface area is 119 Å². The zero-order valence-corrected chi connectivity index (χ0v) is 12.6.